The standard InChI is InChI=1S/C10H11N7/c1-8-4-3-7-12-10(8)15-17-14-9(13-16-17)5-2-6-11/h2-5,7,16H,1H3,(H,12,15)(H,13,14). The van der Waals surface area contributed by atoms with Gasteiger partial charge in [-0.25, -0.2) is 10.5 Å². The zero-order chi connectivity index (χ0) is 12.1. The summed E-state index contributed by atoms with van der Waals surface area (Å²) < 4.78 is 0. The van der Waals surface area contributed by atoms with Gasteiger partial charge < -0.3 is 0 Å². The first-order chi connectivity index (χ1) is 8.29. The monoisotopic (exact) mass is 229 g/mol. The van der Waals surface area contributed by atoms with E-state index in [1.165, 1.54) is 11.3 Å². The molecule has 3 N–H and O–H groups in total. The maximum atomic E-state index is 8.38. The minimum atomic E-state index is 0.535. The molecule has 2 rings (SSSR count). The molecule has 1 aromatic heterocycles. The number of aryl methyl sites for hydroxylation is 1. The highest BCUT2D eigenvalue weighted by Gasteiger charge is 2.12. The first-order valence-corrected chi connectivity index (χ1v) is 4.94. The first kappa shape index (κ1) is 10.9. The molecule has 17 heavy (non-hydrogen) atoms. The zero-order valence-corrected chi connectivity index (χ0v) is 9.18. The van der Waals surface area contributed by atoms with Crippen molar-refractivity contribution in [2.75, 3.05) is 5.43 Å². The summed E-state index contributed by atoms with van der Waals surface area (Å²) in [7, 11) is 0. The van der Waals surface area contributed by atoms with Crippen LogP contribution in [0.2, 0.25) is 0 Å². The van der Waals surface area contributed by atoms with Crippen molar-refractivity contribution >= 4 is 11.7 Å². The fraction of sp³-hybridized carbons (Fsp3) is 0.100. The Morgan fingerprint density at radius 1 is 1.59 bits per heavy atom. The van der Waals surface area contributed by atoms with Crippen molar-refractivity contribution in [1.29, 1.82) is 5.26 Å². The Bertz CT molecular complexity index is 500. The van der Waals surface area contributed by atoms with Gasteiger partial charge in [-0.2, -0.15) is 5.26 Å². The highest BCUT2D eigenvalue weighted by Crippen LogP contribution is 2.09. The number of pyridine rings is 1. The van der Waals surface area contributed by atoms with Crippen LogP contribution < -0.4 is 16.4 Å². The topological polar surface area (TPSA) is 88.4 Å². The van der Waals surface area contributed by atoms with Gasteiger partial charge in [-0.3, -0.25) is 10.9 Å². The maximum Gasteiger partial charge on any atom is 0.165 e. The molecule has 7 heteroatoms. The Morgan fingerprint density at radius 2 is 2.47 bits per heavy atom. The molecule has 0 aliphatic carbocycles. The lowest BCUT2D eigenvalue weighted by molar-refractivity contribution is 0.226. The fourth-order valence-electron chi connectivity index (χ4n) is 1.22. The number of amidine groups is 1. The third kappa shape index (κ3) is 2.70. The predicted octanol–water partition coefficient (Wildman–Crippen LogP) is 0.435. The molecule has 0 fully saturated rings. The lowest BCUT2D eigenvalue weighted by Crippen LogP contribution is -2.45. The Labute approximate surface area is 98.4 Å². The third-order valence-corrected chi connectivity index (χ3v) is 2.04. The predicted molar refractivity (Wildman–Crippen MR) is 62.9 cm³/mol. The van der Waals surface area contributed by atoms with Gasteiger partial charge in [0.2, 0.25) is 0 Å². The minimum absolute atomic E-state index is 0.535. The summed E-state index contributed by atoms with van der Waals surface area (Å²) in [6.45, 7) is 1.95. The zero-order valence-electron chi connectivity index (χ0n) is 9.18. The summed E-state index contributed by atoms with van der Waals surface area (Å²) in [6, 6.07) is 5.70. The average Bonchev–Trinajstić information content (AvgIpc) is 2.77. The Morgan fingerprint density at radius 3 is 3.24 bits per heavy atom. The maximum absolute atomic E-state index is 8.38. The quantitative estimate of drug-likeness (QED) is 0.652. The Kier molecular flexibility index (Phi) is 3.18. The van der Waals surface area contributed by atoms with Gasteiger partial charge in [-0.1, -0.05) is 6.07 Å². The lowest BCUT2D eigenvalue weighted by atomic mass is 10.3. The molecule has 0 aromatic carbocycles. The van der Waals surface area contributed by atoms with Crippen molar-refractivity contribution in [2.24, 2.45) is 5.10 Å². The molecule has 1 aliphatic rings. The molecule has 0 unspecified atom stereocenters. The molecular formula is C10H11N7. The molecule has 0 spiro atoms. The van der Waals surface area contributed by atoms with E-state index in [9.17, 15) is 0 Å². The van der Waals surface area contributed by atoms with E-state index in [4.69, 9.17) is 5.26 Å². The molecule has 0 saturated heterocycles. The van der Waals surface area contributed by atoms with E-state index < -0.39 is 0 Å². The molecular weight excluding hydrogens is 218 g/mol. The number of hydrogen-bond acceptors (Lipinski definition) is 7. The summed E-state index contributed by atoms with van der Waals surface area (Å²) in [5.41, 5.74) is 9.57. The number of nitrogens with one attached hydrogen (secondary N) is 3. The van der Waals surface area contributed by atoms with Crippen molar-refractivity contribution in [1.82, 2.24) is 21.2 Å². The molecule has 1 aromatic rings. The number of allylic oxidation sites excluding steroid dienone is 1. The van der Waals surface area contributed by atoms with Gasteiger partial charge in [0.15, 0.2) is 5.84 Å². The molecule has 0 amide bonds. The van der Waals surface area contributed by atoms with Crippen LogP contribution in [-0.4, -0.2) is 16.0 Å². The van der Waals surface area contributed by atoms with Crippen LogP contribution in [0.5, 0.6) is 0 Å². The number of hydrazone groups is 1. The van der Waals surface area contributed by atoms with Crippen LogP contribution >= 0.6 is 0 Å². The van der Waals surface area contributed by atoms with Crippen molar-refractivity contribution < 1.29 is 0 Å². The lowest BCUT2D eigenvalue weighted by Gasteiger charge is -2.17. The van der Waals surface area contributed by atoms with E-state index in [2.05, 4.69) is 26.5 Å². The van der Waals surface area contributed by atoms with Crippen molar-refractivity contribution in [3.63, 3.8) is 0 Å². The summed E-state index contributed by atoms with van der Waals surface area (Å²) >= 11 is 0. The second kappa shape index (κ2) is 4.96. The Hall–Kier alpha value is -2.59. The van der Waals surface area contributed by atoms with E-state index in [0.29, 0.717) is 11.7 Å². The van der Waals surface area contributed by atoms with Gasteiger partial charge in [0.05, 0.1) is 6.07 Å². The van der Waals surface area contributed by atoms with Gasteiger partial charge >= 0.3 is 0 Å². The van der Waals surface area contributed by atoms with E-state index in [0.717, 1.165) is 5.56 Å². The number of hydrogen-bond donors (Lipinski definition) is 3. The van der Waals surface area contributed by atoms with Crippen molar-refractivity contribution in [2.45, 2.75) is 6.92 Å². The van der Waals surface area contributed by atoms with Crippen LogP contribution in [-0.2, 0) is 0 Å². The summed E-state index contributed by atoms with van der Waals surface area (Å²) in [4.78, 5) is 4.17. The highest BCUT2D eigenvalue weighted by molar-refractivity contribution is 5.93. The number of aromatic nitrogens is 1. The van der Waals surface area contributed by atoms with E-state index in [1.807, 2.05) is 25.1 Å². The van der Waals surface area contributed by atoms with Gasteiger partial charge in [-0.15, -0.1) is 5.10 Å². The summed E-state index contributed by atoms with van der Waals surface area (Å²) in [5.74, 6) is 1.25. The third-order valence-electron chi connectivity index (χ3n) is 2.04. The molecule has 0 radical (unpaired) electrons. The van der Waals surface area contributed by atoms with Crippen LogP contribution in [0, 0.1) is 18.3 Å². The van der Waals surface area contributed by atoms with E-state index in [-0.39, 0.29) is 0 Å². The molecule has 0 atom stereocenters. The summed E-state index contributed by atoms with van der Waals surface area (Å²) in [5, 5.41) is 13.8. The highest BCUT2D eigenvalue weighted by atomic mass is 16.0. The van der Waals surface area contributed by atoms with Crippen LogP contribution in [0.3, 0.4) is 0 Å². The number of nitriles is 1. The van der Waals surface area contributed by atoms with Crippen molar-refractivity contribution in [3.05, 3.63) is 36.0 Å². The van der Waals surface area contributed by atoms with Gasteiger partial charge in [0, 0.05) is 12.3 Å². The number of anilines is 1. The van der Waals surface area contributed by atoms with E-state index in [1.54, 1.807) is 12.3 Å². The molecule has 2 heterocycles. The van der Waals surface area contributed by atoms with Crippen molar-refractivity contribution in [3.8, 4) is 6.07 Å². The van der Waals surface area contributed by atoms with Gasteiger partial charge in [0.1, 0.15) is 5.82 Å². The second-order valence-electron chi connectivity index (χ2n) is 3.29. The number of nitrogens with zero attached hydrogens (tertiary/aromatic N) is 4. The van der Waals surface area contributed by atoms with Crippen LogP contribution in [0.25, 0.3) is 0 Å². The SMILES string of the molecule is Cc1cccnc1NN1NN=C(C=CC#N)N1. The van der Waals surface area contributed by atoms with Crippen LogP contribution in [0.15, 0.2) is 35.6 Å². The fourth-order valence-corrected chi connectivity index (χ4v) is 1.22. The minimum Gasteiger partial charge on any atom is -0.265 e. The molecule has 0 bridgehead atoms. The van der Waals surface area contributed by atoms with Crippen LogP contribution in [0.4, 0.5) is 5.82 Å². The second-order valence-corrected chi connectivity index (χ2v) is 3.29. The molecule has 0 saturated carbocycles. The molecule has 7 nitrogen and oxygen atoms in total. The van der Waals surface area contributed by atoms with Gasteiger partial charge in [-0.05, 0) is 29.9 Å². The van der Waals surface area contributed by atoms with Gasteiger partial charge in [0.25, 0.3) is 0 Å². The summed E-state index contributed by atoms with van der Waals surface area (Å²) in [6.07, 6.45) is 4.59. The number of rotatable bonds is 3. The number of hydrazine groups is 3. The van der Waals surface area contributed by atoms with E-state index >= 15 is 0 Å². The molecule has 86 valence electrons. The largest absolute Gasteiger partial charge is 0.265 e. The smallest absolute Gasteiger partial charge is 0.165 e. The Balaban J connectivity index is 1.94. The average molecular weight is 229 g/mol. The molecule has 1 aliphatic heterocycles. The first-order valence-electron chi connectivity index (χ1n) is 4.94. The normalized spacial score (nSPS) is 14.9. The van der Waals surface area contributed by atoms with Crippen LogP contribution in [0.1, 0.15) is 5.56 Å².